The van der Waals surface area contributed by atoms with Crippen LogP contribution in [0, 0.1) is 5.92 Å². The first-order chi connectivity index (χ1) is 10.1. The van der Waals surface area contributed by atoms with Crippen molar-refractivity contribution in [2.75, 3.05) is 25.0 Å². The number of carboxylic acid groups (broad SMARTS) is 1. The number of hydrogen-bond acceptors (Lipinski definition) is 4. The van der Waals surface area contributed by atoms with E-state index in [0.717, 1.165) is 43.4 Å². The third-order valence-corrected chi connectivity index (χ3v) is 3.63. The Kier molecular flexibility index (Phi) is 4.92. The number of carboxylic acids is 1. The van der Waals surface area contributed by atoms with Gasteiger partial charge in [-0.2, -0.15) is 0 Å². The smallest absolute Gasteiger partial charge is 0.328 e. The van der Waals surface area contributed by atoms with E-state index in [4.69, 9.17) is 5.11 Å². The summed E-state index contributed by atoms with van der Waals surface area (Å²) in [5.41, 5.74) is 0.776. The fourth-order valence-corrected chi connectivity index (χ4v) is 2.52. The molecule has 2 heterocycles. The predicted molar refractivity (Wildman–Crippen MR) is 79.9 cm³/mol. The fourth-order valence-electron chi connectivity index (χ4n) is 2.52. The van der Waals surface area contributed by atoms with Crippen molar-refractivity contribution in [2.24, 2.45) is 5.92 Å². The van der Waals surface area contributed by atoms with Gasteiger partial charge < -0.3 is 15.3 Å². The number of nitrogens with one attached hydrogen (secondary N) is 1. The Labute approximate surface area is 123 Å². The van der Waals surface area contributed by atoms with Crippen LogP contribution in [0.15, 0.2) is 24.4 Å². The molecule has 2 rings (SSSR count). The second-order valence-corrected chi connectivity index (χ2v) is 4.96. The lowest BCUT2D eigenvalue weighted by molar-refractivity contribution is -0.131. The van der Waals surface area contributed by atoms with Crippen LogP contribution in [-0.2, 0) is 9.59 Å². The van der Waals surface area contributed by atoms with Crippen LogP contribution in [0.5, 0.6) is 0 Å². The van der Waals surface area contributed by atoms with Crippen molar-refractivity contribution in [1.29, 1.82) is 0 Å². The van der Waals surface area contributed by atoms with Crippen LogP contribution < -0.4 is 10.2 Å². The van der Waals surface area contributed by atoms with Crippen molar-refractivity contribution in [3.8, 4) is 0 Å². The Morgan fingerprint density at radius 2 is 2.14 bits per heavy atom. The molecule has 2 N–H and O–H groups in total. The normalized spacial score (nSPS) is 16.1. The number of carbonyl (C=O) groups is 2. The van der Waals surface area contributed by atoms with Gasteiger partial charge in [0.2, 0.25) is 5.91 Å². The number of rotatable bonds is 4. The van der Waals surface area contributed by atoms with Crippen LogP contribution >= 0.6 is 0 Å². The van der Waals surface area contributed by atoms with Crippen LogP contribution in [0.25, 0.3) is 6.08 Å². The number of amides is 1. The van der Waals surface area contributed by atoms with Gasteiger partial charge in [-0.3, -0.25) is 4.79 Å². The van der Waals surface area contributed by atoms with Gasteiger partial charge in [0.25, 0.3) is 0 Å². The van der Waals surface area contributed by atoms with Gasteiger partial charge in [0.15, 0.2) is 0 Å². The molecule has 0 spiro atoms. The Bertz CT molecular complexity index is 549. The molecule has 0 aliphatic carbocycles. The minimum atomic E-state index is -0.983. The minimum Gasteiger partial charge on any atom is -0.478 e. The van der Waals surface area contributed by atoms with Crippen LogP contribution in [0.1, 0.15) is 18.4 Å². The van der Waals surface area contributed by atoms with E-state index in [1.807, 2.05) is 6.07 Å². The SMILES string of the molecule is CNC(=O)C1CCN(c2ncccc2/C=C/C(=O)O)CC1. The number of piperidine rings is 1. The molecule has 0 saturated carbocycles. The van der Waals surface area contributed by atoms with Crippen molar-refractivity contribution in [2.45, 2.75) is 12.8 Å². The van der Waals surface area contributed by atoms with Crippen molar-refractivity contribution in [3.63, 3.8) is 0 Å². The van der Waals surface area contributed by atoms with Crippen LogP contribution in [0.2, 0.25) is 0 Å². The molecule has 6 nitrogen and oxygen atoms in total. The summed E-state index contributed by atoms with van der Waals surface area (Å²) in [5, 5.41) is 11.4. The van der Waals surface area contributed by atoms with Crippen molar-refractivity contribution in [3.05, 3.63) is 30.0 Å². The van der Waals surface area contributed by atoms with E-state index >= 15 is 0 Å². The third-order valence-electron chi connectivity index (χ3n) is 3.63. The molecule has 0 unspecified atom stereocenters. The highest BCUT2D eigenvalue weighted by Gasteiger charge is 2.25. The molecule has 112 valence electrons. The summed E-state index contributed by atoms with van der Waals surface area (Å²) in [4.78, 5) is 28.7. The first-order valence-corrected chi connectivity index (χ1v) is 6.94. The molecule has 1 amide bonds. The zero-order chi connectivity index (χ0) is 15.2. The maximum absolute atomic E-state index is 11.6. The Balaban J connectivity index is 2.10. The Morgan fingerprint density at radius 1 is 1.43 bits per heavy atom. The summed E-state index contributed by atoms with van der Waals surface area (Å²) < 4.78 is 0. The van der Waals surface area contributed by atoms with Gasteiger partial charge >= 0.3 is 5.97 Å². The standard InChI is InChI=1S/C15H19N3O3/c1-16-15(21)12-6-9-18(10-7-12)14-11(3-2-8-17-14)4-5-13(19)20/h2-5,8,12H,6-7,9-10H2,1H3,(H,16,21)(H,19,20)/b5-4+. The van der Waals surface area contributed by atoms with Gasteiger partial charge in [-0.05, 0) is 31.1 Å². The molecule has 1 saturated heterocycles. The maximum atomic E-state index is 11.6. The number of aliphatic carboxylic acids is 1. The van der Waals surface area contributed by atoms with E-state index in [9.17, 15) is 9.59 Å². The molecule has 0 atom stereocenters. The highest BCUT2D eigenvalue weighted by Crippen LogP contribution is 2.25. The van der Waals surface area contributed by atoms with Crippen molar-refractivity contribution >= 4 is 23.8 Å². The van der Waals surface area contributed by atoms with Gasteiger partial charge in [-0.15, -0.1) is 0 Å². The van der Waals surface area contributed by atoms with Crippen molar-refractivity contribution < 1.29 is 14.7 Å². The monoisotopic (exact) mass is 289 g/mol. The number of aromatic nitrogens is 1. The lowest BCUT2D eigenvalue weighted by Gasteiger charge is -2.32. The molecular formula is C15H19N3O3. The van der Waals surface area contributed by atoms with Crippen LogP contribution in [0.3, 0.4) is 0 Å². The zero-order valence-electron chi connectivity index (χ0n) is 12.0. The van der Waals surface area contributed by atoms with Crippen molar-refractivity contribution in [1.82, 2.24) is 10.3 Å². The molecule has 1 aliphatic heterocycles. The predicted octanol–water partition coefficient (Wildman–Crippen LogP) is 1.14. The first-order valence-electron chi connectivity index (χ1n) is 6.94. The van der Waals surface area contributed by atoms with Gasteiger partial charge in [0, 0.05) is 43.9 Å². The topological polar surface area (TPSA) is 82.5 Å². The zero-order valence-corrected chi connectivity index (χ0v) is 12.0. The summed E-state index contributed by atoms with van der Waals surface area (Å²) in [6.45, 7) is 1.48. The Morgan fingerprint density at radius 3 is 2.76 bits per heavy atom. The maximum Gasteiger partial charge on any atom is 0.328 e. The molecule has 1 aliphatic rings. The van der Waals surface area contributed by atoms with Crippen LogP contribution in [0.4, 0.5) is 5.82 Å². The summed E-state index contributed by atoms with van der Waals surface area (Å²) in [6, 6.07) is 3.62. The number of pyridine rings is 1. The molecule has 1 fully saturated rings. The molecule has 21 heavy (non-hydrogen) atoms. The lowest BCUT2D eigenvalue weighted by Crippen LogP contribution is -2.40. The fraction of sp³-hybridized carbons (Fsp3) is 0.400. The first kappa shape index (κ1) is 15.0. The largest absolute Gasteiger partial charge is 0.478 e. The van der Waals surface area contributed by atoms with E-state index < -0.39 is 5.97 Å². The molecule has 0 bridgehead atoms. The molecule has 6 heteroatoms. The van der Waals surface area contributed by atoms with Gasteiger partial charge in [-0.25, -0.2) is 9.78 Å². The van der Waals surface area contributed by atoms with E-state index in [2.05, 4.69) is 15.2 Å². The molecular weight excluding hydrogens is 270 g/mol. The highest BCUT2D eigenvalue weighted by atomic mass is 16.4. The highest BCUT2D eigenvalue weighted by molar-refractivity contribution is 5.86. The summed E-state index contributed by atoms with van der Waals surface area (Å²) in [7, 11) is 1.66. The second kappa shape index (κ2) is 6.88. The number of carbonyl (C=O) groups excluding carboxylic acids is 1. The van der Waals surface area contributed by atoms with E-state index in [0.29, 0.717) is 0 Å². The average molecular weight is 289 g/mol. The average Bonchev–Trinajstić information content (AvgIpc) is 2.52. The number of hydrogen-bond donors (Lipinski definition) is 2. The van der Waals surface area contributed by atoms with E-state index in [1.165, 1.54) is 0 Å². The number of nitrogens with zero attached hydrogens (tertiary/aromatic N) is 2. The van der Waals surface area contributed by atoms with Gasteiger partial charge in [0.1, 0.15) is 5.82 Å². The summed E-state index contributed by atoms with van der Waals surface area (Å²) in [6.07, 6.45) is 5.91. The Hall–Kier alpha value is -2.37. The lowest BCUT2D eigenvalue weighted by atomic mass is 9.95. The van der Waals surface area contributed by atoms with Crippen LogP contribution in [-0.4, -0.2) is 42.1 Å². The molecule has 1 aromatic rings. The minimum absolute atomic E-state index is 0.0490. The molecule has 0 aromatic carbocycles. The van der Waals surface area contributed by atoms with E-state index in [1.54, 1.807) is 25.4 Å². The summed E-state index contributed by atoms with van der Waals surface area (Å²) >= 11 is 0. The number of anilines is 1. The van der Waals surface area contributed by atoms with Gasteiger partial charge in [0.05, 0.1) is 0 Å². The third kappa shape index (κ3) is 3.81. The quantitative estimate of drug-likeness (QED) is 0.812. The molecule has 0 radical (unpaired) electrons. The van der Waals surface area contributed by atoms with Gasteiger partial charge in [-0.1, -0.05) is 0 Å². The second-order valence-electron chi connectivity index (χ2n) is 4.96. The summed E-state index contributed by atoms with van der Waals surface area (Å²) in [5.74, 6) is -0.0804. The van der Waals surface area contributed by atoms with E-state index in [-0.39, 0.29) is 11.8 Å². The molecule has 1 aromatic heterocycles.